The van der Waals surface area contributed by atoms with Gasteiger partial charge in [-0.1, -0.05) is 0 Å². The van der Waals surface area contributed by atoms with Gasteiger partial charge in [-0.2, -0.15) is 4.31 Å². The van der Waals surface area contributed by atoms with Crippen LogP contribution < -0.4 is 0 Å². The maximum absolute atomic E-state index is 12.0. The summed E-state index contributed by atoms with van der Waals surface area (Å²) in [5.41, 5.74) is 0.523. The zero-order valence-electron chi connectivity index (χ0n) is 10.0. The second-order valence-electron chi connectivity index (χ2n) is 3.89. The van der Waals surface area contributed by atoms with Crippen molar-refractivity contribution in [2.45, 2.75) is 10.8 Å². The van der Waals surface area contributed by atoms with Gasteiger partial charge in [-0.25, -0.2) is 16.8 Å². The summed E-state index contributed by atoms with van der Waals surface area (Å²) < 4.78 is 47.2. The zero-order valence-corrected chi connectivity index (χ0v) is 12.5. The Labute approximate surface area is 111 Å². The highest BCUT2D eigenvalue weighted by atomic mass is 32.2. The van der Waals surface area contributed by atoms with E-state index in [1.807, 2.05) is 0 Å². The summed E-state index contributed by atoms with van der Waals surface area (Å²) in [4.78, 5) is 0. The number of nitrogens with zero attached hydrogens (tertiary/aromatic N) is 1. The third kappa shape index (κ3) is 4.02. The first-order valence-corrected chi connectivity index (χ1v) is 9.37. The first-order valence-electron chi connectivity index (χ1n) is 4.99. The number of hydrogen-bond acceptors (Lipinski definition) is 6. The Morgan fingerprint density at radius 3 is 2.39 bits per heavy atom. The molecule has 1 rings (SSSR count). The van der Waals surface area contributed by atoms with Gasteiger partial charge in [0.05, 0.1) is 12.4 Å². The predicted octanol–water partition coefficient (Wildman–Crippen LogP) is -0.0945. The lowest BCUT2D eigenvalue weighted by Crippen LogP contribution is -2.31. The van der Waals surface area contributed by atoms with Crippen LogP contribution >= 0.6 is 11.3 Å². The maximum atomic E-state index is 12.0. The highest BCUT2D eigenvalue weighted by molar-refractivity contribution is 7.91. The van der Waals surface area contributed by atoms with Crippen LogP contribution in [0.15, 0.2) is 15.7 Å². The van der Waals surface area contributed by atoms with Crippen molar-refractivity contribution in [1.82, 2.24) is 4.31 Å². The molecule has 0 aromatic carbocycles. The van der Waals surface area contributed by atoms with Gasteiger partial charge in [0.15, 0.2) is 0 Å². The number of sulfonamides is 1. The quantitative estimate of drug-likeness (QED) is 0.792. The molecule has 0 aliphatic rings. The summed E-state index contributed by atoms with van der Waals surface area (Å²) >= 11 is 1.00. The Kier molecular flexibility index (Phi) is 4.90. The normalized spacial score (nSPS) is 13.1. The molecule has 104 valence electrons. The molecule has 18 heavy (non-hydrogen) atoms. The van der Waals surface area contributed by atoms with E-state index in [0.717, 1.165) is 21.9 Å². The van der Waals surface area contributed by atoms with Crippen LogP contribution in [0.2, 0.25) is 0 Å². The van der Waals surface area contributed by atoms with E-state index < -0.39 is 19.9 Å². The second-order valence-corrected chi connectivity index (χ2v) is 9.33. The summed E-state index contributed by atoms with van der Waals surface area (Å²) in [7, 11) is -5.55. The average molecular weight is 313 g/mol. The first kappa shape index (κ1) is 15.6. The first-order chi connectivity index (χ1) is 8.16. The Morgan fingerprint density at radius 2 is 1.94 bits per heavy atom. The molecular formula is C9H15NO5S3. The Morgan fingerprint density at radius 1 is 1.33 bits per heavy atom. The zero-order chi connectivity index (χ0) is 14.0. The van der Waals surface area contributed by atoms with Crippen molar-refractivity contribution in [3.8, 4) is 0 Å². The SMILES string of the molecule is CN(CCS(C)(=O)=O)S(=O)(=O)c1cc(CO)cs1. The van der Waals surface area contributed by atoms with Crippen LogP contribution in [0.5, 0.6) is 0 Å². The van der Waals surface area contributed by atoms with E-state index in [1.165, 1.54) is 13.1 Å². The van der Waals surface area contributed by atoms with Crippen LogP contribution in [0, 0.1) is 0 Å². The third-order valence-corrected chi connectivity index (χ3v) is 6.50. The summed E-state index contributed by atoms with van der Waals surface area (Å²) in [5, 5.41) is 10.4. The molecule has 1 aromatic heterocycles. The van der Waals surface area contributed by atoms with Crippen LogP contribution in [0.25, 0.3) is 0 Å². The number of hydrogen-bond donors (Lipinski definition) is 1. The van der Waals surface area contributed by atoms with Crippen LogP contribution in [0.4, 0.5) is 0 Å². The van der Waals surface area contributed by atoms with Crippen LogP contribution in [0.3, 0.4) is 0 Å². The summed E-state index contributed by atoms with van der Waals surface area (Å²) in [6, 6.07) is 1.39. The molecule has 0 fully saturated rings. The van der Waals surface area contributed by atoms with E-state index in [9.17, 15) is 16.8 Å². The summed E-state index contributed by atoms with van der Waals surface area (Å²) in [6.45, 7) is -0.313. The Bertz CT molecular complexity index is 602. The van der Waals surface area contributed by atoms with Crippen LogP contribution in [-0.4, -0.2) is 51.8 Å². The molecule has 0 amide bonds. The Balaban J connectivity index is 2.86. The van der Waals surface area contributed by atoms with E-state index in [-0.39, 0.29) is 23.1 Å². The summed E-state index contributed by atoms with van der Waals surface area (Å²) in [5.74, 6) is -0.221. The molecule has 0 radical (unpaired) electrons. The lowest BCUT2D eigenvalue weighted by atomic mass is 10.4. The van der Waals surface area contributed by atoms with Crippen LogP contribution in [0.1, 0.15) is 5.56 Å². The van der Waals surface area contributed by atoms with E-state index in [4.69, 9.17) is 5.11 Å². The molecule has 0 saturated carbocycles. The fraction of sp³-hybridized carbons (Fsp3) is 0.556. The highest BCUT2D eigenvalue weighted by Gasteiger charge is 2.23. The predicted molar refractivity (Wildman–Crippen MR) is 69.8 cm³/mol. The Hall–Kier alpha value is -0.480. The van der Waals surface area contributed by atoms with E-state index in [2.05, 4.69) is 0 Å². The third-order valence-electron chi connectivity index (χ3n) is 2.25. The molecule has 1 heterocycles. The van der Waals surface area contributed by atoms with Crippen molar-refractivity contribution in [2.75, 3.05) is 25.6 Å². The van der Waals surface area contributed by atoms with Gasteiger partial charge >= 0.3 is 0 Å². The van der Waals surface area contributed by atoms with Crippen molar-refractivity contribution < 1.29 is 21.9 Å². The fourth-order valence-electron chi connectivity index (χ4n) is 1.14. The van der Waals surface area contributed by atoms with Crippen LogP contribution in [-0.2, 0) is 26.5 Å². The molecule has 6 nitrogen and oxygen atoms in total. The maximum Gasteiger partial charge on any atom is 0.252 e. The second kappa shape index (κ2) is 5.66. The molecule has 0 spiro atoms. The van der Waals surface area contributed by atoms with Gasteiger partial charge < -0.3 is 5.11 Å². The molecule has 9 heteroatoms. The summed E-state index contributed by atoms with van der Waals surface area (Å²) in [6.07, 6.45) is 1.06. The highest BCUT2D eigenvalue weighted by Crippen LogP contribution is 2.23. The van der Waals surface area contributed by atoms with E-state index >= 15 is 0 Å². The van der Waals surface area contributed by atoms with Crippen molar-refractivity contribution in [2.24, 2.45) is 0 Å². The fourth-order valence-corrected chi connectivity index (χ4v) is 4.44. The minimum Gasteiger partial charge on any atom is -0.392 e. The lowest BCUT2D eigenvalue weighted by Gasteiger charge is -2.15. The minimum absolute atomic E-state index is 0.0898. The molecule has 0 unspecified atom stereocenters. The number of rotatable bonds is 6. The molecule has 0 aliphatic heterocycles. The van der Waals surface area contributed by atoms with Gasteiger partial charge in [0.1, 0.15) is 14.0 Å². The molecule has 0 aliphatic carbocycles. The smallest absolute Gasteiger partial charge is 0.252 e. The molecule has 1 N–H and O–H groups in total. The van der Waals surface area contributed by atoms with Crippen molar-refractivity contribution >= 4 is 31.2 Å². The standard InChI is InChI=1S/C9H15NO5S3/c1-10(3-4-17(2,12)13)18(14,15)9-5-8(6-11)7-16-9/h5,7,11H,3-4,6H2,1-2H3. The van der Waals surface area contributed by atoms with E-state index in [0.29, 0.717) is 5.56 Å². The number of aliphatic hydroxyl groups excluding tert-OH is 1. The molecule has 1 aromatic rings. The van der Waals surface area contributed by atoms with Crippen molar-refractivity contribution in [1.29, 1.82) is 0 Å². The number of thiophene rings is 1. The van der Waals surface area contributed by atoms with Gasteiger partial charge in [0.25, 0.3) is 10.0 Å². The van der Waals surface area contributed by atoms with Gasteiger partial charge in [-0.3, -0.25) is 0 Å². The van der Waals surface area contributed by atoms with Crippen molar-refractivity contribution in [3.63, 3.8) is 0 Å². The molecule has 0 bridgehead atoms. The number of sulfone groups is 1. The topological polar surface area (TPSA) is 91.8 Å². The monoisotopic (exact) mass is 313 g/mol. The lowest BCUT2D eigenvalue weighted by molar-refractivity contribution is 0.282. The average Bonchev–Trinajstić information content (AvgIpc) is 2.73. The molecule has 0 saturated heterocycles. The van der Waals surface area contributed by atoms with Gasteiger partial charge in [-0.05, 0) is 17.0 Å². The minimum atomic E-state index is -3.67. The molecule has 0 atom stereocenters. The number of aliphatic hydroxyl groups is 1. The van der Waals surface area contributed by atoms with Gasteiger partial charge in [0.2, 0.25) is 0 Å². The van der Waals surface area contributed by atoms with E-state index in [1.54, 1.807) is 5.38 Å². The van der Waals surface area contributed by atoms with Gasteiger partial charge in [-0.15, -0.1) is 11.3 Å². The van der Waals surface area contributed by atoms with Gasteiger partial charge in [0, 0.05) is 19.8 Å². The van der Waals surface area contributed by atoms with Crippen molar-refractivity contribution in [3.05, 3.63) is 17.0 Å². The largest absolute Gasteiger partial charge is 0.392 e. The molecular weight excluding hydrogens is 298 g/mol.